The van der Waals surface area contributed by atoms with Crippen LogP contribution in [0, 0.1) is 11.8 Å². The van der Waals surface area contributed by atoms with Gasteiger partial charge < -0.3 is 9.84 Å². The summed E-state index contributed by atoms with van der Waals surface area (Å²) in [6.07, 6.45) is 4.92. The summed E-state index contributed by atoms with van der Waals surface area (Å²) < 4.78 is 5.07. The first kappa shape index (κ1) is 10.5. The highest BCUT2D eigenvalue weighted by molar-refractivity contribution is 5.67. The minimum atomic E-state index is -0.871. The molecule has 76 valence electrons. The molecule has 1 fully saturated rings. The van der Waals surface area contributed by atoms with Gasteiger partial charge in [0, 0.05) is 0 Å². The van der Waals surface area contributed by atoms with Crippen LogP contribution in [0.25, 0.3) is 0 Å². The van der Waals surface area contributed by atoms with Crippen molar-refractivity contribution >= 4 is 5.97 Å². The van der Waals surface area contributed by atoms with E-state index in [1.54, 1.807) is 0 Å². The predicted molar refractivity (Wildman–Crippen MR) is 49.6 cm³/mol. The quantitative estimate of drug-likeness (QED) is 0.729. The Morgan fingerprint density at radius 3 is 2.54 bits per heavy atom. The van der Waals surface area contributed by atoms with Crippen LogP contribution in [0.3, 0.4) is 0 Å². The van der Waals surface area contributed by atoms with E-state index in [-0.39, 0.29) is 6.61 Å². The average Bonchev–Trinajstić information content (AvgIpc) is 2.08. The number of aliphatic carboxylic acids is 1. The Bertz CT molecular complexity index is 160. The Labute approximate surface area is 79.1 Å². The number of ether oxygens (including phenoxy) is 1. The molecule has 1 N–H and O–H groups in total. The van der Waals surface area contributed by atoms with E-state index >= 15 is 0 Å². The van der Waals surface area contributed by atoms with Gasteiger partial charge in [-0.1, -0.05) is 19.8 Å². The summed E-state index contributed by atoms with van der Waals surface area (Å²) in [6, 6.07) is 0. The van der Waals surface area contributed by atoms with Crippen molar-refractivity contribution in [1.29, 1.82) is 0 Å². The first-order valence-corrected chi connectivity index (χ1v) is 4.98. The molecule has 1 rings (SSSR count). The molecule has 13 heavy (non-hydrogen) atoms. The smallest absolute Gasteiger partial charge is 0.329 e. The molecule has 1 saturated carbocycles. The summed E-state index contributed by atoms with van der Waals surface area (Å²) in [7, 11) is 0. The normalized spacial score (nSPS) is 28.7. The van der Waals surface area contributed by atoms with Crippen molar-refractivity contribution in [2.24, 2.45) is 11.8 Å². The number of hydrogen-bond acceptors (Lipinski definition) is 2. The van der Waals surface area contributed by atoms with Gasteiger partial charge in [-0.15, -0.1) is 0 Å². The molecular weight excluding hydrogens is 168 g/mol. The van der Waals surface area contributed by atoms with Crippen LogP contribution in [0.15, 0.2) is 0 Å². The lowest BCUT2D eigenvalue weighted by atomic mass is 9.83. The van der Waals surface area contributed by atoms with Crippen LogP contribution in [0.5, 0.6) is 0 Å². The van der Waals surface area contributed by atoms with Gasteiger partial charge in [0.15, 0.2) is 0 Å². The Hall–Kier alpha value is -0.570. The number of carboxylic acid groups (broad SMARTS) is 1. The fraction of sp³-hybridized carbons (Fsp3) is 0.900. The minimum absolute atomic E-state index is 0.147. The molecule has 0 atom stereocenters. The molecule has 0 saturated heterocycles. The van der Waals surface area contributed by atoms with Crippen LogP contribution in [-0.4, -0.2) is 24.3 Å². The van der Waals surface area contributed by atoms with Crippen LogP contribution in [-0.2, 0) is 9.53 Å². The molecule has 0 radical (unpaired) electrons. The van der Waals surface area contributed by atoms with Gasteiger partial charge in [0.05, 0.1) is 6.61 Å². The molecule has 0 heterocycles. The van der Waals surface area contributed by atoms with Crippen molar-refractivity contribution in [2.75, 3.05) is 13.2 Å². The van der Waals surface area contributed by atoms with Crippen molar-refractivity contribution in [2.45, 2.75) is 32.6 Å². The molecule has 0 amide bonds. The topological polar surface area (TPSA) is 46.5 Å². The van der Waals surface area contributed by atoms with Crippen molar-refractivity contribution in [3.05, 3.63) is 0 Å². The number of hydrogen-bond donors (Lipinski definition) is 1. The SMILES string of the molecule is CC1CCC(COCC(=O)O)CC1. The fourth-order valence-corrected chi connectivity index (χ4v) is 1.81. The van der Waals surface area contributed by atoms with E-state index in [1.807, 2.05) is 0 Å². The van der Waals surface area contributed by atoms with Gasteiger partial charge in [-0.2, -0.15) is 0 Å². The first-order valence-electron chi connectivity index (χ1n) is 4.98. The highest BCUT2D eigenvalue weighted by atomic mass is 16.5. The third-order valence-electron chi connectivity index (χ3n) is 2.71. The summed E-state index contributed by atoms with van der Waals surface area (Å²) >= 11 is 0. The zero-order chi connectivity index (χ0) is 9.68. The van der Waals surface area contributed by atoms with Crippen molar-refractivity contribution in [3.8, 4) is 0 Å². The molecule has 3 heteroatoms. The first-order chi connectivity index (χ1) is 6.18. The molecular formula is C10H18O3. The zero-order valence-electron chi connectivity index (χ0n) is 8.16. The van der Waals surface area contributed by atoms with Crippen LogP contribution >= 0.6 is 0 Å². The molecule has 0 aromatic carbocycles. The van der Waals surface area contributed by atoms with E-state index in [4.69, 9.17) is 9.84 Å². The minimum Gasteiger partial charge on any atom is -0.480 e. The van der Waals surface area contributed by atoms with Gasteiger partial charge in [0.25, 0.3) is 0 Å². The number of carboxylic acids is 1. The standard InChI is InChI=1S/C10H18O3/c1-8-2-4-9(5-3-8)6-13-7-10(11)12/h8-9H,2-7H2,1H3,(H,11,12). The lowest BCUT2D eigenvalue weighted by Crippen LogP contribution is -2.19. The average molecular weight is 186 g/mol. The van der Waals surface area contributed by atoms with Gasteiger partial charge in [0.1, 0.15) is 6.61 Å². The number of carbonyl (C=O) groups is 1. The lowest BCUT2D eigenvalue weighted by Gasteiger charge is -2.25. The summed E-state index contributed by atoms with van der Waals surface area (Å²) in [5, 5.41) is 8.36. The van der Waals surface area contributed by atoms with Gasteiger partial charge in [-0.3, -0.25) is 0 Å². The molecule has 0 spiro atoms. The third-order valence-corrected chi connectivity index (χ3v) is 2.71. The molecule has 0 aromatic heterocycles. The highest BCUT2D eigenvalue weighted by Gasteiger charge is 2.18. The second kappa shape index (κ2) is 5.22. The van der Waals surface area contributed by atoms with E-state index in [1.165, 1.54) is 25.7 Å². The van der Waals surface area contributed by atoms with E-state index in [2.05, 4.69) is 6.92 Å². The molecule has 0 aromatic rings. The van der Waals surface area contributed by atoms with Crippen molar-refractivity contribution in [1.82, 2.24) is 0 Å². The number of rotatable bonds is 4. The van der Waals surface area contributed by atoms with Gasteiger partial charge >= 0.3 is 5.97 Å². The second-order valence-electron chi connectivity index (χ2n) is 4.03. The fourth-order valence-electron chi connectivity index (χ4n) is 1.81. The van der Waals surface area contributed by atoms with E-state index in [9.17, 15) is 4.79 Å². The van der Waals surface area contributed by atoms with Crippen LogP contribution in [0.1, 0.15) is 32.6 Å². The lowest BCUT2D eigenvalue weighted by molar-refractivity contribution is -0.142. The van der Waals surface area contributed by atoms with Crippen molar-refractivity contribution in [3.63, 3.8) is 0 Å². The third kappa shape index (κ3) is 4.27. The maximum atomic E-state index is 10.2. The van der Waals surface area contributed by atoms with Crippen LogP contribution in [0.4, 0.5) is 0 Å². The van der Waals surface area contributed by atoms with Crippen molar-refractivity contribution < 1.29 is 14.6 Å². The zero-order valence-corrected chi connectivity index (χ0v) is 8.16. The van der Waals surface area contributed by atoms with E-state index in [0.717, 1.165) is 5.92 Å². The van der Waals surface area contributed by atoms with Crippen LogP contribution in [0.2, 0.25) is 0 Å². The molecule has 0 aliphatic heterocycles. The maximum Gasteiger partial charge on any atom is 0.329 e. The second-order valence-corrected chi connectivity index (χ2v) is 4.03. The van der Waals surface area contributed by atoms with Gasteiger partial charge in [-0.25, -0.2) is 4.79 Å². The summed E-state index contributed by atoms with van der Waals surface area (Å²) in [5.41, 5.74) is 0. The summed E-state index contributed by atoms with van der Waals surface area (Å²) in [6.45, 7) is 2.75. The predicted octanol–water partition coefficient (Wildman–Crippen LogP) is 1.91. The highest BCUT2D eigenvalue weighted by Crippen LogP contribution is 2.28. The van der Waals surface area contributed by atoms with E-state index < -0.39 is 5.97 Å². The Morgan fingerprint density at radius 1 is 1.38 bits per heavy atom. The van der Waals surface area contributed by atoms with Gasteiger partial charge in [-0.05, 0) is 24.7 Å². The van der Waals surface area contributed by atoms with E-state index in [0.29, 0.717) is 12.5 Å². The summed E-state index contributed by atoms with van der Waals surface area (Å²) in [4.78, 5) is 10.2. The largest absolute Gasteiger partial charge is 0.480 e. The summed E-state index contributed by atoms with van der Waals surface area (Å²) in [5.74, 6) is 0.565. The molecule has 1 aliphatic rings. The Kier molecular flexibility index (Phi) is 4.22. The monoisotopic (exact) mass is 186 g/mol. The molecule has 1 aliphatic carbocycles. The Balaban J connectivity index is 2.05. The van der Waals surface area contributed by atoms with Crippen LogP contribution < -0.4 is 0 Å². The molecule has 0 unspecified atom stereocenters. The molecule has 3 nitrogen and oxygen atoms in total. The maximum absolute atomic E-state index is 10.2. The van der Waals surface area contributed by atoms with Gasteiger partial charge in [0.2, 0.25) is 0 Å². The molecule has 0 bridgehead atoms. The Morgan fingerprint density at radius 2 is 2.00 bits per heavy atom.